The molecule has 2 nitrogen and oxygen atoms in total. The number of ether oxygens (including phenoxy) is 1. The molecular formula is C19H21NO. The Bertz CT molecular complexity index is 628. The van der Waals surface area contributed by atoms with Crippen LogP contribution in [-0.2, 0) is 6.42 Å². The molecule has 0 bridgehead atoms. The SMILES string of the molecule is CCCN1C=C2CC=CC=C2C2(Cc3ccccc3O2)C1. The average molecular weight is 279 g/mol. The second-order valence-corrected chi connectivity index (χ2v) is 6.22. The maximum Gasteiger partial charge on any atom is 0.156 e. The molecule has 21 heavy (non-hydrogen) atoms. The molecule has 0 N–H and O–H groups in total. The topological polar surface area (TPSA) is 12.5 Å². The lowest BCUT2D eigenvalue weighted by Gasteiger charge is -2.42. The highest BCUT2D eigenvalue weighted by Gasteiger charge is 2.46. The molecule has 0 radical (unpaired) electrons. The van der Waals surface area contributed by atoms with Crippen LogP contribution in [0.2, 0.25) is 0 Å². The van der Waals surface area contributed by atoms with E-state index in [1.165, 1.54) is 23.1 Å². The van der Waals surface area contributed by atoms with Crippen molar-refractivity contribution in [3.8, 4) is 5.75 Å². The van der Waals surface area contributed by atoms with E-state index in [0.717, 1.165) is 31.7 Å². The standard InChI is InChI=1S/C19H21NO/c1-2-11-20-13-16-8-3-5-9-17(16)19(14-20)12-15-7-4-6-10-18(15)21-19/h3-7,9-10,13H,2,8,11-12,14H2,1H3. The molecule has 108 valence electrons. The Morgan fingerprint density at radius 3 is 3.05 bits per heavy atom. The van der Waals surface area contributed by atoms with Gasteiger partial charge in [0.1, 0.15) is 5.75 Å². The van der Waals surface area contributed by atoms with Crippen LogP contribution in [0.15, 0.2) is 59.8 Å². The van der Waals surface area contributed by atoms with Gasteiger partial charge in [-0.15, -0.1) is 0 Å². The van der Waals surface area contributed by atoms with Gasteiger partial charge in [-0.25, -0.2) is 0 Å². The van der Waals surface area contributed by atoms with Crippen LogP contribution in [0.25, 0.3) is 0 Å². The Hall–Kier alpha value is -1.96. The Balaban J connectivity index is 1.76. The number of allylic oxidation sites excluding steroid dienone is 3. The molecule has 1 aromatic rings. The third-order valence-corrected chi connectivity index (χ3v) is 4.64. The fourth-order valence-electron chi connectivity index (χ4n) is 3.80. The molecule has 4 rings (SSSR count). The van der Waals surface area contributed by atoms with E-state index in [0.29, 0.717) is 0 Å². The summed E-state index contributed by atoms with van der Waals surface area (Å²) in [6.45, 7) is 4.29. The molecule has 2 aliphatic heterocycles. The number of nitrogens with zero attached hydrogens (tertiary/aromatic N) is 1. The van der Waals surface area contributed by atoms with Gasteiger partial charge in [0.05, 0.1) is 6.54 Å². The van der Waals surface area contributed by atoms with Gasteiger partial charge in [0.15, 0.2) is 5.60 Å². The molecule has 1 aromatic carbocycles. The maximum absolute atomic E-state index is 6.50. The van der Waals surface area contributed by atoms with Gasteiger partial charge < -0.3 is 9.64 Å². The van der Waals surface area contributed by atoms with Gasteiger partial charge in [-0.3, -0.25) is 0 Å². The maximum atomic E-state index is 6.50. The van der Waals surface area contributed by atoms with Crippen LogP contribution in [0.1, 0.15) is 25.3 Å². The summed E-state index contributed by atoms with van der Waals surface area (Å²) in [6, 6.07) is 8.48. The molecule has 0 aromatic heterocycles. The Labute approximate surface area is 126 Å². The minimum atomic E-state index is -0.187. The Morgan fingerprint density at radius 1 is 1.29 bits per heavy atom. The first-order chi connectivity index (χ1) is 10.3. The summed E-state index contributed by atoms with van der Waals surface area (Å²) in [4.78, 5) is 2.44. The van der Waals surface area contributed by atoms with E-state index >= 15 is 0 Å². The summed E-state index contributed by atoms with van der Waals surface area (Å²) in [7, 11) is 0. The smallest absolute Gasteiger partial charge is 0.156 e. The lowest BCUT2D eigenvalue weighted by molar-refractivity contribution is 0.0900. The van der Waals surface area contributed by atoms with Gasteiger partial charge in [-0.05, 0) is 30.0 Å². The van der Waals surface area contributed by atoms with Crippen LogP contribution >= 0.6 is 0 Å². The summed E-state index contributed by atoms with van der Waals surface area (Å²) in [6.07, 6.45) is 12.2. The summed E-state index contributed by atoms with van der Waals surface area (Å²) in [5, 5.41) is 0. The lowest BCUT2D eigenvalue weighted by Crippen LogP contribution is -2.50. The van der Waals surface area contributed by atoms with E-state index in [1.54, 1.807) is 0 Å². The van der Waals surface area contributed by atoms with E-state index in [9.17, 15) is 0 Å². The van der Waals surface area contributed by atoms with E-state index in [1.807, 2.05) is 0 Å². The first-order valence-corrected chi connectivity index (χ1v) is 7.90. The second kappa shape index (κ2) is 4.80. The number of benzene rings is 1. The number of para-hydroxylation sites is 1. The summed E-state index contributed by atoms with van der Waals surface area (Å²) >= 11 is 0. The van der Waals surface area contributed by atoms with Gasteiger partial charge in [0.25, 0.3) is 0 Å². The van der Waals surface area contributed by atoms with Crippen molar-refractivity contribution in [2.45, 2.75) is 31.8 Å². The Morgan fingerprint density at radius 2 is 2.19 bits per heavy atom. The largest absolute Gasteiger partial charge is 0.480 e. The quantitative estimate of drug-likeness (QED) is 0.815. The van der Waals surface area contributed by atoms with E-state index < -0.39 is 0 Å². The van der Waals surface area contributed by atoms with Gasteiger partial charge >= 0.3 is 0 Å². The van der Waals surface area contributed by atoms with Crippen molar-refractivity contribution in [1.82, 2.24) is 4.90 Å². The minimum absolute atomic E-state index is 0.187. The molecule has 0 saturated heterocycles. The van der Waals surface area contributed by atoms with Crippen molar-refractivity contribution in [3.05, 3.63) is 65.4 Å². The predicted molar refractivity (Wildman–Crippen MR) is 85.3 cm³/mol. The number of fused-ring (bicyclic) bond motifs is 3. The van der Waals surface area contributed by atoms with Crippen molar-refractivity contribution >= 4 is 0 Å². The molecule has 2 heterocycles. The summed E-state index contributed by atoms with van der Waals surface area (Å²) in [5.74, 6) is 1.06. The van der Waals surface area contributed by atoms with Gasteiger partial charge in [0.2, 0.25) is 0 Å². The predicted octanol–water partition coefficient (Wildman–Crippen LogP) is 3.86. The normalized spacial score (nSPS) is 26.0. The van der Waals surface area contributed by atoms with Crippen molar-refractivity contribution < 1.29 is 4.74 Å². The summed E-state index contributed by atoms with van der Waals surface area (Å²) in [5.41, 5.74) is 3.96. The minimum Gasteiger partial charge on any atom is -0.480 e. The van der Waals surface area contributed by atoms with E-state index in [4.69, 9.17) is 4.74 Å². The van der Waals surface area contributed by atoms with Crippen LogP contribution in [0.5, 0.6) is 5.75 Å². The van der Waals surface area contributed by atoms with E-state index in [2.05, 4.69) is 60.5 Å². The van der Waals surface area contributed by atoms with E-state index in [-0.39, 0.29) is 5.60 Å². The molecule has 0 fully saturated rings. The molecule has 2 heteroatoms. The molecule has 1 aliphatic carbocycles. The number of hydrogen-bond acceptors (Lipinski definition) is 2. The fourth-order valence-corrected chi connectivity index (χ4v) is 3.80. The Kier molecular flexibility index (Phi) is 2.91. The highest BCUT2D eigenvalue weighted by atomic mass is 16.5. The number of rotatable bonds is 2. The fraction of sp³-hybridized carbons (Fsp3) is 0.368. The van der Waals surface area contributed by atoms with Gasteiger partial charge in [-0.2, -0.15) is 0 Å². The van der Waals surface area contributed by atoms with Crippen molar-refractivity contribution in [3.63, 3.8) is 0 Å². The van der Waals surface area contributed by atoms with Crippen molar-refractivity contribution in [2.75, 3.05) is 13.1 Å². The van der Waals surface area contributed by atoms with Crippen LogP contribution in [0.3, 0.4) is 0 Å². The molecule has 1 unspecified atom stereocenters. The monoisotopic (exact) mass is 279 g/mol. The average Bonchev–Trinajstić information content (AvgIpc) is 2.86. The molecule has 1 atom stereocenters. The highest BCUT2D eigenvalue weighted by molar-refractivity contribution is 5.53. The third-order valence-electron chi connectivity index (χ3n) is 4.64. The highest BCUT2D eigenvalue weighted by Crippen LogP contribution is 2.45. The zero-order valence-electron chi connectivity index (χ0n) is 12.5. The zero-order chi connectivity index (χ0) is 14.3. The number of hydrogen-bond donors (Lipinski definition) is 0. The van der Waals surface area contributed by atoms with Crippen molar-refractivity contribution in [2.24, 2.45) is 0 Å². The van der Waals surface area contributed by atoms with Crippen LogP contribution in [0.4, 0.5) is 0 Å². The molecule has 0 saturated carbocycles. The second-order valence-electron chi connectivity index (χ2n) is 6.22. The first-order valence-electron chi connectivity index (χ1n) is 7.90. The van der Waals surface area contributed by atoms with Gasteiger partial charge in [-0.1, -0.05) is 43.4 Å². The molecule has 0 amide bonds. The van der Waals surface area contributed by atoms with Crippen LogP contribution < -0.4 is 4.74 Å². The van der Waals surface area contributed by atoms with Gasteiger partial charge in [0, 0.05) is 24.7 Å². The third kappa shape index (κ3) is 2.01. The van der Waals surface area contributed by atoms with Crippen LogP contribution in [0, 0.1) is 0 Å². The first kappa shape index (κ1) is 12.8. The lowest BCUT2D eigenvalue weighted by atomic mass is 9.79. The zero-order valence-corrected chi connectivity index (χ0v) is 12.5. The molecule has 3 aliphatic rings. The van der Waals surface area contributed by atoms with Crippen molar-refractivity contribution in [1.29, 1.82) is 0 Å². The van der Waals surface area contributed by atoms with Crippen LogP contribution in [-0.4, -0.2) is 23.6 Å². The molecule has 1 spiro atoms. The molecular weight excluding hydrogens is 258 g/mol. The summed E-state index contributed by atoms with van der Waals surface area (Å²) < 4.78 is 6.50.